The summed E-state index contributed by atoms with van der Waals surface area (Å²) in [5, 5.41) is 0. The van der Waals surface area contributed by atoms with E-state index in [4.69, 9.17) is 10.5 Å². The number of anilines is 2. The molecule has 0 aromatic heterocycles. The fraction of sp³-hybridized carbons (Fsp3) is 0.316. The lowest BCUT2D eigenvalue weighted by Crippen LogP contribution is -2.35. The number of methoxy groups -OCH3 is 1. The normalized spacial score (nSPS) is 13.5. The molecule has 2 aromatic carbocycles. The van der Waals surface area contributed by atoms with Gasteiger partial charge in [-0.3, -0.25) is 4.79 Å². The fourth-order valence-corrected chi connectivity index (χ4v) is 4.17. The molecule has 3 N–H and O–H groups in total. The second kappa shape index (κ2) is 9.38. The third-order valence-electron chi connectivity index (χ3n) is 4.54. The van der Waals surface area contributed by atoms with Gasteiger partial charge in [-0.15, -0.1) is 12.4 Å². The van der Waals surface area contributed by atoms with Crippen LogP contribution in [-0.4, -0.2) is 41.1 Å². The van der Waals surface area contributed by atoms with E-state index in [1.807, 2.05) is 18.2 Å². The van der Waals surface area contributed by atoms with Crippen molar-refractivity contribution in [3.63, 3.8) is 0 Å². The predicted octanol–water partition coefficient (Wildman–Crippen LogP) is 2.21. The molecule has 7 nitrogen and oxygen atoms in total. The van der Waals surface area contributed by atoms with Crippen LogP contribution in [0, 0.1) is 0 Å². The van der Waals surface area contributed by atoms with Gasteiger partial charge in [0.25, 0.3) is 5.91 Å². The van der Waals surface area contributed by atoms with Crippen molar-refractivity contribution in [2.75, 3.05) is 37.4 Å². The molecule has 0 atom stereocenters. The molecule has 0 unspecified atom stereocenters. The van der Waals surface area contributed by atoms with E-state index in [-0.39, 0.29) is 36.4 Å². The second-order valence-electron chi connectivity index (χ2n) is 6.32. The molecular formula is C19H24ClN3O4S. The van der Waals surface area contributed by atoms with E-state index >= 15 is 0 Å². The lowest BCUT2D eigenvalue weighted by Gasteiger charge is -2.30. The number of benzene rings is 2. The molecule has 1 heterocycles. The van der Waals surface area contributed by atoms with E-state index in [9.17, 15) is 13.2 Å². The molecule has 0 saturated carbocycles. The summed E-state index contributed by atoms with van der Waals surface area (Å²) in [5.74, 6) is -0.169. The van der Waals surface area contributed by atoms with E-state index in [0.29, 0.717) is 17.8 Å². The predicted molar refractivity (Wildman–Crippen MR) is 112 cm³/mol. The molecule has 1 amide bonds. The van der Waals surface area contributed by atoms with Crippen LogP contribution >= 0.6 is 12.4 Å². The van der Waals surface area contributed by atoms with E-state index in [1.54, 1.807) is 4.90 Å². The topological polar surface area (TPSA) is 102 Å². The van der Waals surface area contributed by atoms with Gasteiger partial charge in [-0.2, -0.15) is 0 Å². The maximum absolute atomic E-state index is 12.9. The van der Waals surface area contributed by atoms with Crippen LogP contribution in [0.4, 0.5) is 11.4 Å². The number of halogens is 1. The van der Waals surface area contributed by atoms with Crippen molar-refractivity contribution >= 4 is 39.7 Å². The number of nitrogen functional groups attached to an aromatic ring is 1. The number of nitrogens with one attached hydrogen (secondary N) is 1. The molecule has 0 bridgehead atoms. The van der Waals surface area contributed by atoms with Gasteiger partial charge < -0.3 is 15.4 Å². The number of nitrogens with two attached hydrogens (primary N) is 1. The third-order valence-corrected chi connectivity index (χ3v) is 6.02. The van der Waals surface area contributed by atoms with E-state index in [1.165, 1.54) is 31.4 Å². The van der Waals surface area contributed by atoms with Gasteiger partial charge in [0, 0.05) is 37.1 Å². The average molecular weight is 426 g/mol. The molecule has 152 valence electrons. The minimum atomic E-state index is -3.63. The quantitative estimate of drug-likeness (QED) is 0.545. The summed E-state index contributed by atoms with van der Waals surface area (Å²) in [7, 11) is -2.12. The van der Waals surface area contributed by atoms with Crippen molar-refractivity contribution < 1.29 is 17.9 Å². The first kappa shape index (κ1) is 22.2. The molecule has 9 heteroatoms. The number of carbonyl (C=O) groups is 1. The lowest BCUT2D eigenvalue weighted by atomic mass is 9.99. The van der Waals surface area contributed by atoms with Gasteiger partial charge >= 0.3 is 0 Å². The third kappa shape index (κ3) is 4.64. The number of nitrogens with zero attached hydrogens (tertiary/aromatic N) is 1. The average Bonchev–Trinajstić information content (AvgIpc) is 2.68. The zero-order valence-corrected chi connectivity index (χ0v) is 17.2. The maximum atomic E-state index is 12.9. The Bertz CT molecular complexity index is 933. The number of hydrogen-bond acceptors (Lipinski definition) is 5. The minimum Gasteiger partial charge on any atom is -0.398 e. The van der Waals surface area contributed by atoms with Gasteiger partial charge in [-0.1, -0.05) is 6.07 Å². The van der Waals surface area contributed by atoms with Crippen molar-refractivity contribution in [2.45, 2.75) is 17.7 Å². The highest BCUT2D eigenvalue weighted by Crippen LogP contribution is 2.32. The van der Waals surface area contributed by atoms with E-state index in [2.05, 4.69) is 4.72 Å². The van der Waals surface area contributed by atoms with Crippen molar-refractivity contribution in [1.29, 1.82) is 0 Å². The number of sulfonamides is 1. The molecule has 1 aliphatic heterocycles. The molecule has 0 spiro atoms. The number of ether oxygens (including phenoxy) is 1. The van der Waals surface area contributed by atoms with Crippen LogP contribution in [0.25, 0.3) is 0 Å². The van der Waals surface area contributed by atoms with Crippen LogP contribution in [0.1, 0.15) is 22.3 Å². The number of carbonyl (C=O) groups excluding carboxylic acids is 1. The van der Waals surface area contributed by atoms with Gasteiger partial charge in [-0.25, -0.2) is 13.1 Å². The molecule has 0 radical (unpaired) electrons. The summed E-state index contributed by atoms with van der Waals surface area (Å²) >= 11 is 0. The van der Waals surface area contributed by atoms with Gasteiger partial charge in [0.2, 0.25) is 10.0 Å². The minimum absolute atomic E-state index is 0. The van der Waals surface area contributed by atoms with E-state index < -0.39 is 10.0 Å². The Balaban J connectivity index is 0.00000280. The lowest BCUT2D eigenvalue weighted by molar-refractivity contribution is 0.0985. The SMILES string of the molecule is COCCNS(=O)(=O)c1ccc(C(=O)N2CCCc3c(N)cccc32)cc1.Cl. The number of hydrogen-bond donors (Lipinski definition) is 2. The smallest absolute Gasteiger partial charge is 0.258 e. The van der Waals surface area contributed by atoms with Crippen LogP contribution in [-0.2, 0) is 21.2 Å². The first-order valence-corrected chi connectivity index (χ1v) is 10.2. The zero-order chi connectivity index (χ0) is 19.4. The van der Waals surface area contributed by atoms with Crippen LogP contribution in [0.3, 0.4) is 0 Å². The zero-order valence-electron chi connectivity index (χ0n) is 15.6. The molecule has 3 rings (SSSR count). The fourth-order valence-electron chi connectivity index (χ4n) is 3.16. The van der Waals surface area contributed by atoms with Crippen LogP contribution in [0.15, 0.2) is 47.4 Å². The largest absolute Gasteiger partial charge is 0.398 e. The van der Waals surface area contributed by atoms with Gasteiger partial charge in [-0.05, 0) is 54.8 Å². The number of fused-ring (bicyclic) bond motifs is 1. The summed E-state index contributed by atoms with van der Waals surface area (Å²) < 4.78 is 31.7. The Morgan fingerprint density at radius 3 is 2.61 bits per heavy atom. The van der Waals surface area contributed by atoms with Gasteiger partial charge in [0.15, 0.2) is 0 Å². The molecule has 0 aliphatic carbocycles. The Hall–Kier alpha value is -2.13. The molecule has 2 aromatic rings. The van der Waals surface area contributed by atoms with Crippen molar-refractivity contribution in [3.8, 4) is 0 Å². The summed E-state index contributed by atoms with van der Waals surface area (Å²) in [5.41, 5.74) is 8.97. The highest BCUT2D eigenvalue weighted by Gasteiger charge is 2.25. The molecule has 0 saturated heterocycles. The van der Waals surface area contributed by atoms with Crippen LogP contribution < -0.4 is 15.4 Å². The Morgan fingerprint density at radius 1 is 1.21 bits per heavy atom. The first-order chi connectivity index (χ1) is 12.9. The Labute approximate surface area is 171 Å². The summed E-state index contributed by atoms with van der Waals surface area (Å²) in [6.45, 7) is 1.08. The van der Waals surface area contributed by atoms with Crippen molar-refractivity contribution in [3.05, 3.63) is 53.6 Å². The first-order valence-electron chi connectivity index (χ1n) is 8.72. The summed E-state index contributed by atoms with van der Waals surface area (Å²) in [6, 6.07) is 11.5. The monoisotopic (exact) mass is 425 g/mol. The van der Waals surface area contributed by atoms with Crippen LogP contribution in [0.2, 0.25) is 0 Å². The molecule has 1 aliphatic rings. The Morgan fingerprint density at radius 2 is 1.93 bits per heavy atom. The number of rotatable bonds is 6. The number of amides is 1. The maximum Gasteiger partial charge on any atom is 0.258 e. The summed E-state index contributed by atoms with van der Waals surface area (Å²) in [4.78, 5) is 14.8. The molecular weight excluding hydrogens is 402 g/mol. The van der Waals surface area contributed by atoms with Crippen molar-refractivity contribution in [1.82, 2.24) is 4.72 Å². The molecule has 0 fully saturated rings. The molecule has 28 heavy (non-hydrogen) atoms. The van der Waals surface area contributed by atoms with Gasteiger partial charge in [0.1, 0.15) is 0 Å². The standard InChI is InChI=1S/C19H23N3O4S.ClH/c1-26-13-11-21-27(24,25)15-9-7-14(8-10-15)19(23)22-12-3-4-16-17(20)5-2-6-18(16)22;/h2,5-10,21H,3-4,11-13,20H2,1H3;1H. The highest BCUT2D eigenvalue weighted by molar-refractivity contribution is 7.89. The van der Waals surface area contributed by atoms with Crippen molar-refractivity contribution in [2.24, 2.45) is 0 Å². The Kier molecular flexibility index (Phi) is 7.42. The van der Waals surface area contributed by atoms with E-state index in [0.717, 1.165) is 24.1 Å². The van der Waals surface area contributed by atoms with Gasteiger partial charge in [0.05, 0.1) is 11.5 Å². The highest BCUT2D eigenvalue weighted by atomic mass is 35.5. The summed E-state index contributed by atoms with van der Waals surface area (Å²) in [6.07, 6.45) is 1.68. The van der Waals surface area contributed by atoms with Crippen LogP contribution in [0.5, 0.6) is 0 Å². The second-order valence-corrected chi connectivity index (χ2v) is 8.09.